The van der Waals surface area contributed by atoms with E-state index in [1.54, 1.807) is 6.26 Å². The van der Waals surface area contributed by atoms with Crippen LogP contribution in [-0.4, -0.2) is 11.4 Å². The highest BCUT2D eigenvalue weighted by Crippen LogP contribution is 2.45. The minimum atomic E-state index is -0.559. The summed E-state index contributed by atoms with van der Waals surface area (Å²) in [6, 6.07) is 0. The largest absolute Gasteiger partial charge is 0.472 e. The molecule has 0 radical (unpaired) electrons. The molecule has 2 aliphatic rings. The average molecular weight is 168 g/mol. The number of allylic oxidation sites excluding steroid dienone is 1. The fraction of sp³-hybridized carbons (Fsp3) is 0.800. The molecular formula is C10H16O2. The molecule has 1 aliphatic carbocycles. The molecule has 2 heteroatoms. The molecule has 0 aromatic rings. The zero-order valence-corrected chi connectivity index (χ0v) is 7.66. The summed E-state index contributed by atoms with van der Waals surface area (Å²) in [6.45, 7) is 4.30. The Morgan fingerprint density at radius 3 is 2.92 bits per heavy atom. The summed E-state index contributed by atoms with van der Waals surface area (Å²) >= 11 is 0. The Morgan fingerprint density at radius 1 is 1.50 bits per heavy atom. The third-order valence-corrected chi connectivity index (χ3v) is 3.36. The molecule has 0 aromatic carbocycles. The quantitative estimate of drug-likeness (QED) is 0.598. The van der Waals surface area contributed by atoms with Gasteiger partial charge >= 0.3 is 0 Å². The van der Waals surface area contributed by atoms with E-state index in [9.17, 15) is 5.11 Å². The van der Waals surface area contributed by atoms with E-state index in [0.717, 1.165) is 0 Å². The number of rotatable bonds is 0. The van der Waals surface area contributed by atoms with Crippen molar-refractivity contribution in [1.82, 2.24) is 0 Å². The number of aliphatic hydroxyl groups is 1. The fourth-order valence-corrected chi connectivity index (χ4v) is 2.59. The van der Waals surface area contributed by atoms with E-state index in [4.69, 9.17) is 4.74 Å². The van der Waals surface area contributed by atoms with Gasteiger partial charge in [0.15, 0.2) is 6.29 Å². The summed E-state index contributed by atoms with van der Waals surface area (Å²) in [4.78, 5) is 0. The van der Waals surface area contributed by atoms with Gasteiger partial charge in [-0.3, -0.25) is 0 Å². The standard InChI is InChI=1S/C10H16O2/c1-6-3-4-8-7(2)5-12-10(11)9(6)8/h5-6,8-11H,3-4H2,1-2H3/t6-,8+,9+,10+/m1/s1. The van der Waals surface area contributed by atoms with Gasteiger partial charge in [0.2, 0.25) is 0 Å². The molecule has 12 heavy (non-hydrogen) atoms. The molecule has 0 saturated heterocycles. The van der Waals surface area contributed by atoms with Crippen LogP contribution in [0.3, 0.4) is 0 Å². The lowest BCUT2D eigenvalue weighted by Crippen LogP contribution is -2.32. The number of aliphatic hydroxyl groups excluding tert-OH is 1. The molecule has 1 saturated carbocycles. The monoisotopic (exact) mass is 168 g/mol. The Morgan fingerprint density at radius 2 is 2.25 bits per heavy atom. The van der Waals surface area contributed by atoms with Gasteiger partial charge in [-0.25, -0.2) is 0 Å². The topological polar surface area (TPSA) is 29.5 Å². The fourth-order valence-electron chi connectivity index (χ4n) is 2.59. The SMILES string of the molecule is CC1=CO[C@H](O)[C@H]2[C@H](C)CC[C@@H]12. The highest BCUT2D eigenvalue weighted by Gasteiger charge is 2.42. The summed E-state index contributed by atoms with van der Waals surface area (Å²) in [7, 11) is 0. The minimum Gasteiger partial charge on any atom is -0.472 e. The van der Waals surface area contributed by atoms with Gasteiger partial charge < -0.3 is 9.84 Å². The highest BCUT2D eigenvalue weighted by molar-refractivity contribution is 5.09. The van der Waals surface area contributed by atoms with Crippen LogP contribution in [0.4, 0.5) is 0 Å². The third-order valence-electron chi connectivity index (χ3n) is 3.36. The van der Waals surface area contributed by atoms with Crippen LogP contribution >= 0.6 is 0 Å². The predicted molar refractivity (Wildman–Crippen MR) is 46.2 cm³/mol. The van der Waals surface area contributed by atoms with Gasteiger partial charge in [0.05, 0.1) is 6.26 Å². The van der Waals surface area contributed by atoms with E-state index in [0.29, 0.717) is 17.8 Å². The van der Waals surface area contributed by atoms with Crippen molar-refractivity contribution in [2.24, 2.45) is 17.8 Å². The van der Waals surface area contributed by atoms with Gasteiger partial charge in [0.1, 0.15) is 0 Å². The molecule has 0 bridgehead atoms. The Hall–Kier alpha value is -0.500. The van der Waals surface area contributed by atoms with E-state index in [-0.39, 0.29) is 0 Å². The van der Waals surface area contributed by atoms with E-state index in [1.165, 1.54) is 18.4 Å². The number of hydrogen-bond acceptors (Lipinski definition) is 2. The molecule has 2 rings (SSSR count). The molecule has 1 heterocycles. The van der Waals surface area contributed by atoms with Gasteiger partial charge in [0.25, 0.3) is 0 Å². The molecule has 1 fully saturated rings. The first kappa shape index (κ1) is 8.11. The molecular weight excluding hydrogens is 152 g/mol. The van der Waals surface area contributed by atoms with E-state index >= 15 is 0 Å². The number of hydrogen-bond donors (Lipinski definition) is 1. The van der Waals surface area contributed by atoms with Crippen molar-refractivity contribution in [3.05, 3.63) is 11.8 Å². The van der Waals surface area contributed by atoms with Gasteiger partial charge in [-0.05, 0) is 37.2 Å². The van der Waals surface area contributed by atoms with Crippen LogP contribution in [0.2, 0.25) is 0 Å². The smallest absolute Gasteiger partial charge is 0.200 e. The maximum absolute atomic E-state index is 9.60. The summed E-state index contributed by atoms with van der Waals surface area (Å²) in [6.07, 6.45) is 3.61. The summed E-state index contributed by atoms with van der Waals surface area (Å²) < 4.78 is 5.17. The summed E-state index contributed by atoms with van der Waals surface area (Å²) in [5.74, 6) is 1.52. The molecule has 1 N–H and O–H groups in total. The van der Waals surface area contributed by atoms with Crippen molar-refractivity contribution in [3.8, 4) is 0 Å². The van der Waals surface area contributed by atoms with Crippen molar-refractivity contribution >= 4 is 0 Å². The van der Waals surface area contributed by atoms with Gasteiger partial charge in [-0.1, -0.05) is 6.92 Å². The van der Waals surface area contributed by atoms with Crippen molar-refractivity contribution < 1.29 is 9.84 Å². The Balaban J connectivity index is 2.23. The van der Waals surface area contributed by atoms with Crippen LogP contribution < -0.4 is 0 Å². The summed E-state index contributed by atoms with van der Waals surface area (Å²) in [5, 5.41) is 9.60. The van der Waals surface area contributed by atoms with Crippen LogP contribution in [-0.2, 0) is 4.74 Å². The van der Waals surface area contributed by atoms with Crippen LogP contribution in [0.5, 0.6) is 0 Å². The van der Waals surface area contributed by atoms with E-state index < -0.39 is 6.29 Å². The maximum Gasteiger partial charge on any atom is 0.200 e. The van der Waals surface area contributed by atoms with E-state index in [1.807, 2.05) is 0 Å². The second-order valence-corrected chi connectivity index (χ2v) is 4.13. The zero-order chi connectivity index (χ0) is 8.72. The lowest BCUT2D eigenvalue weighted by atomic mass is 9.84. The molecule has 0 amide bonds. The van der Waals surface area contributed by atoms with Crippen LogP contribution in [0.1, 0.15) is 26.7 Å². The van der Waals surface area contributed by atoms with E-state index in [2.05, 4.69) is 13.8 Å². The molecule has 2 nitrogen and oxygen atoms in total. The minimum absolute atomic E-state index is 0.343. The van der Waals surface area contributed by atoms with Crippen molar-refractivity contribution in [1.29, 1.82) is 0 Å². The molecule has 0 aromatic heterocycles. The van der Waals surface area contributed by atoms with Crippen LogP contribution in [0.15, 0.2) is 11.8 Å². The normalized spacial score (nSPS) is 46.4. The van der Waals surface area contributed by atoms with Gasteiger partial charge in [-0.2, -0.15) is 0 Å². The molecule has 1 aliphatic heterocycles. The Kier molecular flexibility index (Phi) is 1.87. The van der Waals surface area contributed by atoms with Crippen LogP contribution in [0, 0.1) is 17.8 Å². The number of ether oxygens (including phenoxy) is 1. The summed E-state index contributed by atoms with van der Waals surface area (Å²) in [5.41, 5.74) is 1.30. The number of fused-ring (bicyclic) bond motifs is 1. The van der Waals surface area contributed by atoms with Crippen molar-refractivity contribution in [2.45, 2.75) is 33.0 Å². The zero-order valence-electron chi connectivity index (χ0n) is 7.66. The second-order valence-electron chi connectivity index (χ2n) is 4.13. The van der Waals surface area contributed by atoms with Crippen molar-refractivity contribution in [2.75, 3.05) is 0 Å². The molecule has 68 valence electrons. The Labute approximate surface area is 73.2 Å². The third kappa shape index (κ3) is 1.06. The van der Waals surface area contributed by atoms with Gasteiger partial charge in [-0.15, -0.1) is 0 Å². The lowest BCUT2D eigenvalue weighted by molar-refractivity contribution is -0.121. The predicted octanol–water partition coefficient (Wildman–Crippen LogP) is 1.90. The Bertz CT molecular complexity index is 210. The van der Waals surface area contributed by atoms with Gasteiger partial charge in [0, 0.05) is 5.92 Å². The highest BCUT2D eigenvalue weighted by atomic mass is 16.6. The molecule has 4 atom stereocenters. The lowest BCUT2D eigenvalue weighted by Gasteiger charge is -2.31. The molecule has 0 spiro atoms. The average Bonchev–Trinajstić information content (AvgIpc) is 2.42. The first-order chi connectivity index (χ1) is 5.70. The first-order valence-electron chi connectivity index (χ1n) is 4.70. The second kappa shape index (κ2) is 2.77. The maximum atomic E-state index is 9.60. The van der Waals surface area contributed by atoms with Crippen molar-refractivity contribution in [3.63, 3.8) is 0 Å². The van der Waals surface area contributed by atoms with Crippen LogP contribution in [0.25, 0.3) is 0 Å². The first-order valence-corrected chi connectivity index (χ1v) is 4.70. The molecule has 0 unspecified atom stereocenters.